The Bertz CT molecular complexity index is 797. The van der Waals surface area contributed by atoms with Crippen molar-refractivity contribution in [2.75, 3.05) is 7.05 Å². The topological polar surface area (TPSA) is 83.2 Å². The minimum Gasteiger partial charge on any atom is -0.484 e. The third-order valence-corrected chi connectivity index (χ3v) is 4.82. The van der Waals surface area contributed by atoms with E-state index >= 15 is 0 Å². The van der Waals surface area contributed by atoms with Crippen LogP contribution in [0, 0.1) is 0 Å². The lowest BCUT2D eigenvalue weighted by Gasteiger charge is -2.25. The van der Waals surface area contributed by atoms with E-state index in [2.05, 4.69) is 15.6 Å². The van der Waals surface area contributed by atoms with E-state index < -0.39 is 0 Å². The first-order valence-electron chi connectivity index (χ1n) is 8.66. The van der Waals surface area contributed by atoms with Crippen LogP contribution in [0.15, 0.2) is 30.3 Å². The summed E-state index contributed by atoms with van der Waals surface area (Å²) in [4.78, 5) is 27.4. The molecular weight excluding hydrogens is 354 g/mol. The van der Waals surface area contributed by atoms with E-state index in [0.29, 0.717) is 16.5 Å². The highest BCUT2D eigenvalue weighted by molar-refractivity contribution is 6.30. The van der Waals surface area contributed by atoms with Gasteiger partial charge in [0.1, 0.15) is 17.5 Å². The SMILES string of the molecule is CNC(=O)c1[nH]c(C(=O)NC2CCC2)cc1O[C@H](C)c1ccc(Cl)cc1. The zero-order valence-corrected chi connectivity index (χ0v) is 15.5. The number of rotatable bonds is 6. The molecule has 1 aliphatic carbocycles. The summed E-state index contributed by atoms with van der Waals surface area (Å²) in [6, 6.07) is 9.08. The number of carbonyl (C=O) groups is 2. The van der Waals surface area contributed by atoms with E-state index in [9.17, 15) is 9.59 Å². The summed E-state index contributed by atoms with van der Waals surface area (Å²) in [5.74, 6) is -0.231. The Kier molecular flexibility index (Phi) is 5.52. The first kappa shape index (κ1) is 18.3. The Balaban J connectivity index is 1.80. The molecular formula is C19H22ClN3O3. The van der Waals surface area contributed by atoms with Gasteiger partial charge in [-0.1, -0.05) is 23.7 Å². The molecule has 1 fully saturated rings. The average Bonchev–Trinajstić information content (AvgIpc) is 3.01. The fourth-order valence-corrected chi connectivity index (χ4v) is 2.88. The van der Waals surface area contributed by atoms with Crippen LogP contribution in [0.4, 0.5) is 0 Å². The van der Waals surface area contributed by atoms with Gasteiger partial charge in [0.2, 0.25) is 0 Å². The highest BCUT2D eigenvalue weighted by Gasteiger charge is 2.24. The van der Waals surface area contributed by atoms with Gasteiger partial charge in [-0.15, -0.1) is 0 Å². The quantitative estimate of drug-likeness (QED) is 0.723. The van der Waals surface area contributed by atoms with E-state index in [1.807, 2.05) is 19.1 Å². The van der Waals surface area contributed by atoms with Gasteiger partial charge in [-0.3, -0.25) is 9.59 Å². The minimum atomic E-state index is -0.342. The maximum Gasteiger partial charge on any atom is 0.271 e. The normalized spacial score (nSPS) is 15.0. The number of halogens is 1. The molecule has 0 aliphatic heterocycles. The molecule has 2 amide bonds. The second kappa shape index (κ2) is 7.83. The van der Waals surface area contributed by atoms with Crippen molar-refractivity contribution in [3.63, 3.8) is 0 Å². The molecule has 0 saturated heterocycles. The number of aromatic amines is 1. The lowest BCUT2D eigenvalue weighted by Crippen LogP contribution is -2.39. The Hall–Kier alpha value is -2.47. The molecule has 0 spiro atoms. The number of aromatic nitrogens is 1. The number of benzene rings is 1. The van der Waals surface area contributed by atoms with Crippen molar-refractivity contribution in [3.8, 4) is 5.75 Å². The molecule has 7 heteroatoms. The van der Waals surface area contributed by atoms with Gasteiger partial charge in [0.25, 0.3) is 11.8 Å². The van der Waals surface area contributed by atoms with Crippen LogP contribution >= 0.6 is 11.6 Å². The van der Waals surface area contributed by atoms with E-state index in [-0.39, 0.29) is 29.7 Å². The Morgan fingerprint density at radius 1 is 1.23 bits per heavy atom. The van der Waals surface area contributed by atoms with Gasteiger partial charge in [0.15, 0.2) is 5.75 Å². The van der Waals surface area contributed by atoms with Crippen molar-refractivity contribution in [2.45, 2.75) is 38.3 Å². The Morgan fingerprint density at radius 3 is 2.50 bits per heavy atom. The van der Waals surface area contributed by atoms with Gasteiger partial charge in [0, 0.05) is 24.2 Å². The molecule has 0 unspecified atom stereocenters. The third kappa shape index (κ3) is 4.02. The molecule has 1 atom stereocenters. The summed E-state index contributed by atoms with van der Waals surface area (Å²) >= 11 is 5.92. The van der Waals surface area contributed by atoms with Gasteiger partial charge < -0.3 is 20.4 Å². The Morgan fingerprint density at radius 2 is 1.92 bits per heavy atom. The van der Waals surface area contributed by atoms with Crippen molar-refractivity contribution in [1.82, 2.24) is 15.6 Å². The predicted octanol–water partition coefficient (Wildman–Crippen LogP) is 3.45. The molecule has 0 bridgehead atoms. The summed E-state index contributed by atoms with van der Waals surface area (Å²) in [5, 5.41) is 6.15. The molecule has 3 N–H and O–H groups in total. The molecule has 1 saturated carbocycles. The van der Waals surface area contributed by atoms with Crippen LogP contribution in [0.3, 0.4) is 0 Å². The van der Waals surface area contributed by atoms with Gasteiger partial charge in [-0.25, -0.2) is 0 Å². The molecule has 138 valence electrons. The second-order valence-corrected chi connectivity index (χ2v) is 6.85. The van der Waals surface area contributed by atoms with Crippen LogP contribution in [0.25, 0.3) is 0 Å². The van der Waals surface area contributed by atoms with Crippen LogP contribution in [0.1, 0.15) is 58.8 Å². The van der Waals surface area contributed by atoms with Gasteiger partial charge in [0.05, 0.1) is 0 Å². The van der Waals surface area contributed by atoms with Crippen LogP contribution in [-0.4, -0.2) is 29.9 Å². The summed E-state index contributed by atoms with van der Waals surface area (Å²) in [6.07, 6.45) is 2.80. The van der Waals surface area contributed by atoms with Crippen LogP contribution in [-0.2, 0) is 0 Å². The smallest absolute Gasteiger partial charge is 0.271 e. The Labute approximate surface area is 157 Å². The van der Waals surface area contributed by atoms with E-state index in [4.69, 9.17) is 16.3 Å². The van der Waals surface area contributed by atoms with Gasteiger partial charge in [-0.2, -0.15) is 0 Å². The fourth-order valence-electron chi connectivity index (χ4n) is 2.75. The maximum absolute atomic E-state index is 12.4. The molecule has 0 radical (unpaired) electrons. The summed E-state index contributed by atoms with van der Waals surface area (Å²) in [5.41, 5.74) is 1.46. The zero-order chi connectivity index (χ0) is 18.7. The van der Waals surface area contributed by atoms with Crippen LogP contribution in [0.5, 0.6) is 5.75 Å². The predicted molar refractivity (Wildman–Crippen MR) is 99.8 cm³/mol. The second-order valence-electron chi connectivity index (χ2n) is 6.41. The molecule has 1 aliphatic rings. The van der Waals surface area contributed by atoms with Crippen LogP contribution in [0.2, 0.25) is 5.02 Å². The molecule has 1 aromatic carbocycles. The maximum atomic E-state index is 12.4. The molecule has 1 aromatic heterocycles. The van der Waals surface area contributed by atoms with Crippen molar-refractivity contribution in [2.24, 2.45) is 0 Å². The highest BCUT2D eigenvalue weighted by Crippen LogP contribution is 2.28. The number of ether oxygens (including phenoxy) is 1. The zero-order valence-electron chi connectivity index (χ0n) is 14.8. The molecule has 1 heterocycles. The fraction of sp³-hybridized carbons (Fsp3) is 0.368. The lowest BCUT2D eigenvalue weighted by molar-refractivity contribution is 0.0912. The molecule has 6 nitrogen and oxygen atoms in total. The average molecular weight is 376 g/mol. The summed E-state index contributed by atoms with van der Waals surface area (Å²) in [7, 11) is 1.53. The first-order valence-corrected chi connectivity index (χ1v) is 9.03. The van der Waals surface area contributed by atoms with Crippen molar-refractivity contribution < 1.29 is 14.3 Å². The van der Waals surface area contributed by atoms with E-state index in [1.54, 1.807) is 18.2 Å². The number of H-pyrrole nitrogens is 1. The number of carbonyl (C=O) groups excluding carboxylic acids is 2. The monoisotopic (exact) mass is 375 g/mol. The molecule has 2 aromatic rings. The molecule has 26 heavy (non-hydrogen) atoms. The van der Waals surface area contributed by atoms with Gasteiger partial charge >= 0.3 is 0 Å². The summed E-state index contributed by atoms with van der Waals surface area (Å²) in [6.45, 7) is 1.87. The molecule has 3 rings (SSSR count). The number of hydrogen-bond donors (Lipinski definition) is 3. The minimum absolute atomic E-state index is 0.214. The number of nitrogens with one attached hydrogen (secondary N) is 3. The highest BCUT2D eigenvalue weighted by atomic mass is 35.5. The van der Waals surface area contributed by atoms with E-state index in [1.165, 1.54) is 7.05 Å². The number of hydrogen-bond acceptors (Lipinski definition) is 3. The summed E-state index contributed by atoms with van der Waals surface area (Å²) < 4.78 is 5.96. The van der Waals surface area contributed by atoms with Crippen molar-refractivity contribution >= 4 is 23.4 Å². The van der Waals surface area contributed by atoms with Crippen molar-refractivity contribution in [3.05, 3.63) is 52.3 Å². The van der Waals surface area contributed by atoms with Crippen molar-refractivity contribution in [1.29, 1.82) is 0 Å². The lowest BCUT2D eigenvalue weighted by atomic mass is 9.93. The van der Waals surface area contributed by atoms with Crippen LogP contribution < -0.4 is 15.4 Å². The number of amides is 2. The van der Waals surface area contributed by atoms with Gasteiger partial charge in [-0.05, 0) is 43.9 Å². The van der Waals surface area contributed by atoms with E-state index in [0.717, 1.165) is 24.8 Å². The third-order valence-electron chi connectivity index (χ3n) is 4.56. The first-order chi connectivity index (χ1) is 12.5. The standard InChI is InChI=1S/C19H22ClN3O3/c1-11(12-6-8-13(20)9-7-12)26-16-10-15(23-17(16)19(25)21-2)18(24)22-14-4-3-5-14/h6-11,14,23H,3-5H2,1-2H3,(H,21,25)(H,22,24)/t11-/m1/s1. The largest absolute Gasteiger partial charge is 0.484 e.